The monoisotopic (exact) mass is 451 g/mol. The van der Waals surface area contributed by atoms with Gasteiger partial charge in [0.15, 0.2) is 6.10 Å². The van der Waals surface area contributed by atoms with E-state index in [2.05, 4.69) is 5.32 Å². The first-order valence-electron chi connectivity index (χ1n) is 9.27. The molecular formula is C20H19Cl2N3O5. The molecule has 0 bridgehead atoms. The van der Waals surface area contributed by atoms with Crippen LogP contribution in [0.5, 0.6) is 0 Å². The molecule has 2 aromatic carbocycles. The molecule has 1 heterocycles. The molecule has 30 heavy (non-hydrogen) atoms. The average Bonchev–Trinajstić information content (AvgIpc) is 3.25. The third kappa shape index (κ3) is 4.83. The van der Waals surface area contributed by atoms with E-state index in [-0.39, 0.29) is 27.0 Å². The highest BCUT2D eigenvalue weighted by Crippen LogP contribution is 2.32. The number of carbonyl (C=O) groups excluding carboxylic acids is 2. The van der Waals surface area contributed by atoms with E-state index in [1.165, 1.54) is 25.1 Å². The van der Waals surface area contributed by atoms with Gasteiger partial charge in [-0.15, -0.1) is 0 Å². The highest BCUT2D eigenvalue weighted by molar-refractivity contribution is 6.44. The zero-order valence-electron chi connectivity index (χ0n) is 16.1. The lowest BCUT2D eigenvalue weighted by Crippen LogP contribution is -2.30. The van der Waals surface area contributed by atoms with Crippen LogP contribution in [-0.2, 0) is 9.53 Å². The van der Waals surface area contributed by atoms with Crippen molar-refractivity contribution in [2.45, 2.75) is 25.9 Å². The van der Waals surface area contributed by atoms with Crippen LogP contribution < -0.4 is 10.2 Å². The van der Waals surface area contributed by atoms with Crippen molar-refractivity contribution < 1.29 is 19.2 Å². The molecule has 3 rings (SSSR count). The number of rotatable bonds is 6. The maximum absolute atomic E-state index is 12.5. The fraction of sp³-hybridized carbons (Fsp3) is 0.300. The van der Waals surface area contributed by atoms with Gasteiger partial charge in [0.2, 0.25) is 0 Å². The van der Waals surface area contributed by atoms with Crippen LogP contribution in [0.4, 0.5) is 17.1 Å². The molecule has 0 aromatic heterocycles. The number of hydrogen-bond acceptors (Lipinski definition) is 6. The van der Waals surface area contributed by atoms with Crippen LogP contribution in [0.15, 0.2) is 36.4 Å². The summed E-state index contributed by atoms with van der Waals surface area (Å²) in [6.07, 6.45) is 0.763. The number of hydrogen-bond donors (Lipinski definition) is 1. The van der Waals surface area contributed by atoms with E-state index in [0.29, 0.717) is 5.69 Å². The number of benzene rings is 2. The van der Waals surface area contributed by atoms with Crippen LogP contribution in [-0.4, -0.2) is 36.0 Å². The number of nitrogens with zero attached hydrogens (tertiary/aromatic N) is 2. The van der Waals surface area contributed by atoms with Gasteiger partial charge in [0.25, 0.3) is 11.6 Å². The van der Waals surface area contributed by atoms with Gasteiger partial charge >= 0.3 is 5.97 Å². The molecule has 1 aliphatic rings. The minimum Gasteiger partial charge on any atom is -0.449 e. The van der Waals surface area contributed by atoms with E-state index in [0.717, 1.165) is 25.9 Å². The zero-order valence-corrected chi connectivity index (χ0v) is 17.6. The Morgan fingerprint density at radius 3 is 2.57 bits per heavy atom. The Kier molecular flexibility index (Phi) is 6.79. The molecule has 1 aliphatic heterocycles. The van der Waals surface area contributed by atoms with Crippen molar-refractivity contribution in [2.24, 2.45) is 0 Å². The number of nitro benzene ring substituents is 1. The van der Waals surface area contributed by atoms with Gasteiger partial charge in [-0.25, -0.2) is 4.79 Å². The van der Waals surface area contributed by atoms with Crippen molar-refractivity contribution in [3.63, 3.8) is 0 Å². The SMILES string of the molecule is CC(OC(=O)c1ccc(N2CCCC2)c([N+](=O)[O-])c1)C(=O)Nc1cccc(Cl)c1Cl. The number of halogens is 2. The molecule has 1 saturated heterocycles. The number of esters is 1. The lowest BCUT2D eigenvalue weighted by Gasteiger charge is -2.18. The maximum Gasteiger partial charge on any atom is 0.339 e. The number of carbonyl (C=O) groups is 2. The molecule has 1 atom stereocenters. The number of anilines is 2. The van der Waals surface area contributed by atoms with Crippen molar-refractivity contribution in [1.29, 1.82) is 0 Å². The Bertz CT molecular complexity index is 992. The van der Waals surface area contributed by atoms with Gasteiger partial charge in [-0.1, -0.05) is 29.3 Å². The second kappa shape index (κ2) is 9.32. The van der Waals surface area contributed by atoms with Gasteiger partial charge in [-0.05, 0) is 44.0 Å². The van der Waals surface area contributed by atoms with E-state index < -0.39 is 22.9 Å². The number of ether oxygens (including phenoxy) is 1. The smallest absolute Gasteiger partial charge is 0.339 e. The predicted molar refractivity (Wildman–Crippen MR) is 115 cm³/mol. The summed E-state index contributed by atoms with van der Waals surface area (Å²) in [5.74, 6) is -1.46. The summed E-state index contributed by atoms with van der Waals surface area (Å²) in [6, 6.07) is 8.91. The summed E-state index contributed by atoms with van der Waals surface area (Å²) < 4.78 is 5.18. The van der Waals surface area contributed by atoms with Crippen LogP contribution >= 0.6 is 23.2 Å². The summed E-state index contributed by atoms with van der Waals surface area (Å²) >= 11 is 12.0. The molecule has 1 fully saturated rings. The van der Waals surface area contributed by atoms with Gasteiger partial charge < -0.3 is 15.0 Å². The van der Waals surface area contributed by atoms with E-state index in [1.54, 1.807) is 18.2 Å². The fourth-order valence-corrected chi connectivity index (χ4v) is 3.49. The second-order valence-electron chi connectivity index (χ2n) is 6.79. The quantitative estimate of drug-likeness (QED) is 0.388. The van der Waals surface area contributed by atoms with Crippen molar-refractivity contribution in [1.82, 2.24) is 0 Å². The fourth-order valence-electron chi connectivity index (χ4n) is 3.14. The molecule has 0 spiro atoms. The van der Waals surface area contributed by atoms with Crippen LogP contribution in [0.2, 0.25) is 10.0 Å². The largest absolute Gasteiger partial charge is 0.449 e. The normalized spacial score (nSPS) is 14.3. The summed E-state index contributed by atoms with van der Waals surface area (Å²) in [5, 5.41) is 14.5. The zero-order chi connectivity index (χ0) is 21.8. The van der Waals surface area contributed by atoms with Gasteiger partial charge in [-0.2, -0.15) is 0 Å². The molecule has 0 radical (unpaired) electrons. The van der Waals surface area contributed by atoms with Gasteiger partial charge in [0.1, 0.15) is 5.69 Å². The molecule has 1 N–H and O–H groups in total. The standard InChI is InChI=1S/C20H19Cl2N3O5/c1-12(19(26)23-15-6-4-5-14(21)18(15)22)30-20(27)13-7-8-16(17(11-13)25(28)29)24-9-2-3-10-24/h4-8,11-12H,2-3,9-10H2,1H3,(H,23,26). The Labute approximate surface area is 182 Å². The highest BCUT2D eigenvalue weighted by Gasteiger charge is 2.26. The molecule has 0 saturated carbocycles. The van der Waals surface area contributed by atoms with Gasteiger partial charge in [0, 0.05) is 19.2 Å². The van der Waals surface area contributed by atoms with Crippen molar-refractivity contribution in [2.75, 3.05) is 23.3 Å². The van der Waals surface area contributed by atoms with Crippen LogP contribution in [0, 0.1) is 10.1 Å². The minimum atomic E-state index is -1.16. The molecule has 8 nitrogen and oxygen atoms in total. The van der Waals surface area contributed by atoms with Crippen LogP contribution in [0.1, 0.15) is 30.1 Å². The van der Waals surface area contributed by atoms with Crippen molar-refractivity contribution in [3.8, 4) is 0 Å². The van der Waals surface area contributed by atoms with E-state index in [4.69, 9.17) is 27.9 Å². The molecular weight excluding hydrogens is 433 g/mol. The van der Waals surface area contributed by atoms with Gasteiger partial charge in [-0.3, -0.25) is 14.9 Å². The predicted octanol–water partition coefficient (Wildman–Crippen LogP) is 4.69. The minimum absolute atomic E-state index is 0.00918. The number of nitro groups is 1. The third-order valence-corrected chi connectivity index (χ3v) is 5.54. The highest BCUT2D eigenvalue weighted by atomic mass is 35.5. The molecule has 158 valence electrons. The summed E-state index contributed by atoms with van der Waals surface area (Å²) in [5.41, 5.74) is 0.567. The third-order valence-electron chi connectivity index (χ3n) is 4.72. The lowest BCUT2D eigenvalue weighted by atomic mass is 10.1. The van der Waals surface area contributed by atoms with Crippen molar-refractivity contribution in [3.05, 3.63) is 62.1 Å². The molecule has 2 aromatic rings. The van der Waals surface area contributed by atoms with Crippen LogP contribution in [0.25, 0.3) is 0 Å². The lowest BCUT2D eigenvalue weighted by molar-refractivity contribution is -0.384. The second-order valence-corrected chi connectivity index (χ2v) is 7.58. The Balaban J connectivity index is 1.71. The summed E-state index contributed by atoms with van der Waals surface area (Å²) in [6.45, 7) is 2.85. The van der Waals surface area contributed by atoms with E-state index in [1.807, 2.05) is 4.90 Å². The molecule has 0 aliphatic carbocycles. The summed E-state index contributed by atoms with van der Waals surface area (Å²) in [7, 11) is 0. The first-order chi connectivity index (χ1) is 14.3. The topological polar surface area (TPSA) is 102 Å². The van der Waals surface area contributed by atoms with E-state index in [9.17, 15) is 19.7 Å². The van der Waals surface area contributed by atoms with E-state index >= 15 is 0 Å². The maximum atomic E-state index is 12.5. The molecule has 1 amide bonds. The number of nitrogens with one attached hydrogen (secondary N) is 1. The average molecular weight is 452 g/mol. The number of amides is 1. The first-order valence-corrected chi connectivity index (χ1v) is 10.0. The summed E-state index contributed by atoms with van der Waals surface area (Å²) in [4.78, 5) is 37.7. The first kappa shape index (κ1) is 21.9. The Morgan fingerprint density at radius 2 is 1.90 bits per heavy atom. The molecule has 1 unspecified atom stereocenters. The van der Waals surface area contributed by atoms with Crippen LogP contribution in [0.3, 0.4) is 0 Å². The Morgan fingerprint density at radius 1 is 1.20 bits per heavy atom. The van der Waals surface area contributed by atoms with Gasteiger partial charge in [0.05, 0.1) is 26.2 Å². The van der Waals surface area contributed by atoms with Crippen molar-refractivity contribution >= 4 is 52.1 Å². The Hall–Kier alpha value is -2.84. The molecule has 10 heteroatoms.